The zero-order valence-electron chi connectivity index (χ0n) is 8.27. The van der Waals surface area contributed by atoms with Gasteiger partial charge in [0.25, 0.3) is 0 Å². The Labute approximate surface area is 82.9 Å². The lowest BCUT2D eigenvalue weighted by atomic mass is 10.4. The van der Waals surface area contributed by atoms with E-state index in [4.69, 9.17) is 9.47 Å². The van der Waals surface area contributed by atoms with Gasteiger partial charge in [0.05, 0.1) is 12.8 Å². The van der Waals surface area contributed by atoms with Gasteiger partial charge in [0.2, 0.25) is 0 Å². The Hall–Kier alpha value is -1.58. The second kappa shape index (κ2) is 5.21. The highest BCUT2D eigenvalue weighted by Crippen LogP contribution is 2.09. The molecular formula is C10H13NO3. The van der Waals surface area contributed by atoms with E-state index in [0.717, 1.165) is 0 Å². The van der Waals surface area contributed by atoms with Crippen LogP contribution in [0.4, 0.5) is 0 Å². The maximum Gasteiger partial charge on any atom is 0.347 e. The molecule has 0 aromatic carbocycles. The van der Waals surface area contributed by atoms with Crippen molar-refractivity contribution in [2.75, 3.05) is 6.61 Å². The summed E-state index contributed by atoms with van der Waals surface area (Å²) in [6.07, 6.45) is 2.59. The van der Waals surface area contributed by atoms with E-state index < -0.39 is 6.10 Å². The molecule has 1 aromatic rings. The summed E-state index contributed by atoms with van der Waals surface area (Å²) in [5, 5.41) is 0. The molecule has 1 atom stereocenters. The highest BCUT2D eigenvalue weighted by molar-refractivity contribution is 5.74. The Morgan fingerprint density at radius 1 is 1.64 bits per heavy atom. The second-order valence-electron chi connectivity index (χ2n) is 2.70. The zero-order chi connectivity index (χ0) is 10.4. The Kier molecular flexibility index (Phi) is 3.91. The number of esters is 1. The summed E-state index contributed by atoms with van der Waals surface area (Å²) in [4.78, 5) is 15.0. The Balaban J connectivity index is 2.49. The number of carbonyl (C=O) groups excluding carboxylic acids is 1. The first-order chi connectivity index (χ1) is 6.74. The molecule has 0 aliphatic heterocycles. The molecular weight excluding hydrogens is 182 g/mol. The normalized spacial score (nSPS) is 11.9. The number of aromatic nitrogens is 1. The zero-order valence-corrected chi connectivity index (χ0v) is 8.27. The Morgan fingerprint density at radius 3 is 3.00 bits per heavy atom. The van der Waals surface area contributed by atoms with Crippen molar-refractivity contribution in [1.29, 1.82) is 0 Å². The van der Waals surface area contributed by atoms with Gasteiger partial charge >= 0.3 is 5.97 Å². The van der Waals surface area contributed by atoms with Gasteiger partial charge in [-0.05, 0) is 26.0 Å². The molecule has 0 fully saturated rings. The van der Waals surface area contributed by atoms with Crippen LogP contribution in [0.2, 0.25) is 0 Å². The highest BCUT2D eigenvalue weighted by atomic mass is 16.6. The van der Waals surface area contributed by atoms with Gasteiger partial charge in [-0.3, -0.25) is 4.98 Å². The maximum atomic E-state index is 11.2. The van der Waals surface area contributed by atoms with Crippen LogP contribution in [0, 0.1) is 0 Å². The summed E-state index contributed by atoms with van der Waals surface area (Å²) in [5.74, 6) is 0.199. The minimum Gasteiger partial charge on any atom is -0.477 e. The van der Waals surface area contributed by atoms with E-state index in [0.29, 0.717) is 12.4 Å². The van der Waals surface area contributed by atoms with Crippen LogP contribution >= 0.6 is 0 Å². The molecule has 0 unspecified atom stereocenters. The molecule has 4 heteroatoms. The van der Waals surface area contributed by atoms with Gasteiger partial charge in [-0.15, -0.1) is 0 Å². The maximum absolute atomic E-state index is 11.2. The van der Waals surface area contributed by atoms with E-state index >= 15 is 0 Å². The van der Waals surface area contributed by atoms with Crippen molar-refractivity contribution in [3.63, 3.8) is 0 Å². The summed E-state index contributed by atoms with van der Waals surface area (Å²) >= 11 is 0. The van der Waals surface area contributed by atoms with E-state index in [1.165, 1.54) is 0 Å². The quantitative estimate of drug-likeness (QED) is 0.681. The van der Waals surface area contributed by atoms with E-state index in [1.54, 1.807) is 38.4 Å². The summed E-state index contributed by atoms with van der Waals surface area (Å²) in [5.41, 5.74) is 0. The van der Waals surface area contributed by atoms with Crippen molar-refractivity contribution >= 4 is 5.97 Å². The van der Waals surface area contributed by atoms with Crippen LogP contribution in [0.15, 0.2) is 24.5 Å². The first-order valence-electron chi connectivity index (χ1n) is 4.47. The van der Waals surface area contributed by atoms with Crippen molar-refractivity contribution in [2.45, 2.75) is 20.0 Å². The number of hydrogen-bond acceptors (Lipinski definition) is 4. The molecule has 0 radical (unpaired) electrons. The van der Waals surface area contributed by atoms with Crippen molar-refractivity contribution in [3.05, 3.63) is 24.5 Å². The topological polar surface area (TPSA) is 48.4 Å². The molecule has 4 nitrogen and oxygen atoms in total. The van der Waals surface area contributed by atoms with Crippen molar-refractivity contribution < 1.29 is 14.3 Å². The molecule has 0 saturated heterocycles. The molecule has 0 aliphatic rings. The summed E-state index contributed by atoms with van der Waals surface area (Å²) in [6, 6.07) is 3.48. The Bertz CT molecular complexity index is 287. The van der Waals surface area contributed by atoms with Crippen LogP contribution in [0.25, 0.3) is 0 Å². The molecule has 0 amide bonds. The van der Waals surface area contributed by atoms with Gasteiger partial charge in [-0.25, -0.2) is 4.79 Å². The largest absolute Gasteiger partial charge is 0.477 e. The molecule has 0 spiro atoms. The molecule has 1 rings (SSSR count). The third kappa shape index (κ3) is 3.05. The number of hydrogen-bond donors (Lipinski definition) is 0. The van der Waals surface area contributed by atoms with Crippen molar-refractivity contribution in [1.82, 2.24) is 4.98 Å². The molecule has 0 saturated carbocycles. The molecule has 1 heterocycles. The first-order valence-corrected chi connectivity index (χ1v) is 4.47. The summed E-state index contributed by atoms with van der Waals surface area (Å²) in [6.45, 7) is 3.76. The summed E-state index contributed by atoms with van der Waals surface area (Å²) in [7, 11) is 0. The van der Waals surface area contributed by atoms with Gasteiger partial charge in [0, 0.05) is 6.20 Å². The first kappa shape index (κ1) is 10.5. The third-order valence-corrected chi connectivity index (χ3v) is 1.57. The predicted molar refractivity (Wildman–Crippen MR) is 51.0 cm³/mol. The fourth-order valence-corrected chi connectivity index (χ4v) is 0.929. The highest BCUT2D eigenvalue weighted by Gasteiger charge is 2.15. The van der Waals surface area contributed by atoms with Crippen LogP contribution in [0.5, 0.6) is 5.75 Å². The fourth-order valence-electron chi connectivity index (χ4n) is 0.929. The van der Waals surface area contributed by atoms with E-state index in [1.807, 2.05) is 0 Å². The van der Waals surface area contributed by atoms with E-state index in [9.17, 15) is 4.79 Å². The van der Waals surface area contributed by atoms with Crippen LogP contribution < -0.4 is 4.74 Å². The van der Waals surface area contributed by atoms with Crippen LogP contribution in [0.3, 0.4) is 0 Å². The van der Waals surface area contributed by atoms with E-state index in [-0.39, 0.29) is 5.97 Å². The molecule has 0 N–H and O–H groups in total. The van der Waals surface area contributed by atoms with E-state index in [2.05, 4.69) is 4.98 Å². The van der Waals surface area contributed by atoms with Crippen LogP contribution in [-0.4, -0.2) is 23.7 Å². The number of rotatable bonds is 4. The average molecular weight is 195 g/mol. The summed E-state index contributed by atoms with van der Waals surface area (Å²) < 4.78 is 10.1. The third-order valence-electron chi connectivity index (χ3n) is 1.57. The average Bonchev–Trinajstić information content (AvgIpc) is 2.19. The van der Waals surface area contributed by atoms with Crippen molar-refractivity contribution in [3.8, 4) is 5.75 Å². The second-order valence-corrected chi connectivity index (χ2v) is 2.70. The standard InChI is InChI=1S/C10H13NO3/c1-3-13-10(12)8(2)14-9-5-4-6-11-7-9/h4-8H,3H2,1-2H3/t8-/m0/s1. The smallest absolute Gasteiger partial charge is 0.347 e. The van der Waals surface area contributed by atoms with Gasteiger partial charge < -0.3 is 9.47 Å². The molecule has 0 aliphatic carbocycles. The molecule has 0 bridgehead atoms. The number of carbonyl (C=O) groups is 1. The minimum atomic E-state index is -0.598. The van der Waals surface area contributed by atoms with Crippen LogP contribution in [0.1, 0.15) is 13.8 Å². The lowest BCUT2D eigenvalue weighted by Crippen LogP contribution is -2.26. The SMILES string of the molecule is CCOC(=O)[C@H](C)Oc1cccnc1. The lowest BCUT2D eigenvalue weighted by Gasteiger charge is -2.12. The number of ether oxygens (including phenoxy) is 2. The van der Waals surface area contributed by atoms with Gasteiger partial charge in [0.15, 0.2) is 6.10 Å². The van der Waals surface area contributed by atoms with Crippen molar-refractivity contribution in [2.24, 2.45) is 0 Å². The molecule has 76 valence electrons. The van der Waals surface area contributed by atoms with Gasteiger partial charge in [0.1, 0.15) is 5.75 Å². The Morgan fingerprint density at radius 2 is 2.43 bits per heavy atom. The fraction of sp³-hybridized carbons (Fsp3) is 0.400. The van der Waals surface area contributed by atoms with Gasteiger partial charge in [-0.1, -0.05) is 0 Å². The van der Waals surface area contributed by atoms with Crippen LogP contribution in [-0.2, 0) is 9.53 Å². The monoisotopic (exact) mass is 195 g/mol. The lowest BCUT2D eigenvalue weighted by molar-refractivity contribution is -0.150. The van der Waals surface area contributed by atoms with Gasteiger partial charge in [-0.2, -0.15) is 0 Å². The number of pyridine rings is 1. The number of nitrogens with zero attached hydrogens (tertiary/aromatic N) is 1. The minimum absolute atomic E-state index is 0.361. The molecule has 14 heavy (non-hydrogen) atoms. The molecule has 1 aromatic heterocycles. The predicted octanol–water partition coefficient (Wildman–Crippen LogP) is 1.41.